The Kier molecular flexibility index (Phi) is 6.06. The van der Waals surface area contributed by atoms with Crippen LogP contribution in [0, 0.1) is 11.8 Å². The van der Waals surface area contributed by atoms with E-state index in [1.165, 1.54) is 12.8 Å². The molecular formula is C17H32N2O2. The van der Waals surface area contributed by atoms with Crippen molar-refractivity contribution in [1.29, 1.82) is 0 Å². The van der Waals surface area contributed by atoms with Crippen molar-refractivity contribution in [3.8, 4) is 0 Å². The zero-order chi connectivity index (χ0) is 15.3. The number of ether oxygens (including phenoxy) is 1. The zero-order valence-corrected chi connectivity index (χ0v) is 14.0. The first-order chi connectivity index (χ1) is 10.2. The average molecular weight is 296 g/mol. The van der Waals surface area contributed by atoms with Crippen LogP contribution in [0.1, 0.15) is 52.9 Å². The number of likely N-dealkylation sites (N-methyl/N-ethyl adjacent to an activating group) is 1. The van der Waals surface area contributed by atoms with Crippen molar-refractivity contribution in [2.75, 3.05) is 32.8 Å². The smallest absolute Gasteiger partial charge is 0.327 e. The lowest BCUT2D eigenvalue weighted by atomic mass is 9.91. The summed E-state index contributed by atoms with van der Waals surface area (Å²) in [6.45, 7) is 10.6. The molecule has 2 aliphatic rings. The molecule has 2 saturated carbocycles. The van der Waals surface area contributed by atoms with Crippen molar-refractivity contribution in [2.24, 2.45) is 11.8 Å². The van der Waals surface area contributed by atoms with Crippen LogP contribution in [-0.4, -0.2) is 49.2 Å². The minimum Gasteiger partial charge on any atom is -0.465 e. The van der Waals surface area contributed by atoms with Gasteiger partial charge in [0.25, 0.3) is 0 Å². The highest BCUT2D eigenvalue weighted by atomic mass is 16.5. The highest BCUT2D eigenvalue weighted by molar-refractivity contribution is 5.82. The lowest BCUT2D eigenvalue weighted by Crippen LogP contribution is -2.61. The molecule has 0 aromatic heterocycles. The van der Waals surface area contributed by atoms with Crippen molar-refractivity contribution < 1.29 is 9.53 Å². The molecule has 0 heterocycles. The molecule has 0 amide bonds. The van der Waals surface area contributed by atoms with Crippen LogP contribution in [0.25, 0.3) is 0 Å². The highest BCUT2D eigenvalue weighted by Gasteiger charge is 2.52. The second-order valence-corrected chi connectivity index (χ2v) is 6.66. The van der Waals surface area contributed by atoms with Crippen LogP contribution in [0.5, 0.6) is 0 Å². The molecule has 2 fully saturated rings. The molecule has 2 rings (SSSR count). The molecule has 1 N–H and O–H groups in total. The van der Waals surface area contributed by atoms with E-state index < -0.39 is 5.54 Å². The fraction of sp³-hybridized carbons (Fsp3) is 0.941. The van der Waals surface area contributed by atoms with Crippen LogP contribution in [0.3, 0.4) is 0 Å². The van der Waals surface area contributed by atoms with Gasteiger partial charge in [-0.1, -0.05) is 13.8 Å². The molecule has 122 valence electrons. The van der Waals surface area contributed by atoms with Crippen molar-refractivity contribution >= 4 is 5.97 Å². The Labute approximate surface area is 129 Å². The Morgan fingerprint density at radius 1 is 1.24 bits per heavy atom. The number of carbonyl (C=O) groups is 1. The molecule has 0 bridgehead atoms. The van der Waals surface area contributed by atoms with E-state index in [1.54, 1.807) is 0 Å². The topological polar surface area (TPSA) is 41.6 Å². The van der Waals surface area contributed by atoms with E-state index >= 15 is 0 Å². The van der Waals surface area contributed by atoms with E-state index in [0.29, 0.717) is 12.5 Å². The van der Waals surface area contributed by atoms with Crippen molar-refractivity contribution in [1.82, 2.24) is 10.2 Å². The molecule has 21 heavy (non-hydrogen) atoms. The van der Waals surface area contributed by atoms with Crippen LogP contribution < -0.4 is 5.32 Å². The monoisotopic (exact) mass is 296 g/mol. The average Bonchev–Trinajstić information content (AvgIpc) is 3.35. The summed E-state index contributed by atoms with van der Waals surface area (Å²) < 4.78 is 5.44. The molecule has 4 heteroatoms. The van der Waals surface area contributed by atoms with Crippen molar-refractivity contribution in [3.05, 3.63) is 0 Å². The summed E-state index contributed by atoms with van der Waals surface area (Å²) in [5, 5.41) is 3.57. The van der Waals surface area contributed by atoms with Gasteiger partial charge >= 0.3 is 5.97 Å². The van der Waals surface area contributed by atoms with Crippen LogP contribution in [0.2, 0.25) is 0 Å². The number of nitrogens with zero attached hydrogens (tertiary/aromatic N) is 1. The summed E-state index contributed by atoms with van der Waals surface area (Å²) >= 11 is 0. The minimum atomic E-state index is -0.475. The van der Waals surface area contributed by atoms with E-state index in [0.717, 1.165) is 51.4 Å². The third-order valence-corrected chi connectivity index (χ3v) is 4.74. The fourth-order valence-electron chi connectivity index (χ4n) is 3.14. The summed E-state index contributed by atoms with van der Waals surface area (Å²) in [6.07, 6.45) is 6.05. The Bertz CT molecular complexity index is 340. The number of rotatable bonds is 11. The number of hydrogen-bond acceptors (Lipinski definition) is 4. The molecule has 4 nitrogen and oxygen atoms in total. The second kappa shape index (κ2) is 7.59. The molecule has 0 saturated heterocycles. The van der Waals surface area contributed by atoms with E-state index in [2.05, 4.69) is 24.1 Å². The lowest BCUT2D eigenvalue weighted by Gasteiger charge is -2.37. The number of nitrogens with one attached hydrogen (secondary N) is 1. The maximum absolute atomic E-state index is 12.7. The third-order valence-electron chi connectivity index (χ3n) is 4.74. The van der Waals surface area contributed by atoms with Gasteiger partial charge in [0.1, 0.15) is 5.54 Å². The molecule has 0 radical (unpaired) electrons. The molecule has 0 aliphatic heterocycles. The normalized spacial score (nSPS) is 21.3. The maximum Gasteiger partial charge on any atom is 0.327 e. The first-order valence-electron chi connectivity index (χ1n) is 8.80. The molecule has 2 aliphatic carbocycles. The van der Waals surface area contributed by atoms with Gasteiger partial charge in [-0.3, -0.25) is 0 Å². The van der Waals surface area contributed by atoms with Gasteiger partial charge in [0, 0.05) is 13.1 Å². The largest absolute Gasteiger partial charge is 0.465 e. The van der Waals surface area contributed by atoms with Gasteiger partial charge in [0.15, 0.2) is 0 Å². The van der Waals surface area contributed by atoms with Gasteiger partial charge in [-0.25, -0.2) is 4.79 Å². The van der Waals surface area contributed by atoms with E-state index in [-0.39, 0.29) is 5.97 Å². The van der Waals surface area contributed by atoms with E-state index in [4.69, 9.17) is 4.74 Å². The Balaban J connectivity index is 2.08. The zero-order valence-electron chi connectivity index (χ0n) is 14.0. The summed E-state index contributed by atoms with van der Waals surface area (Å²) in [5.74, 6) is 1.28. The molecule has 0 spiro atoms. The molecule has 1 atom stereocenters. The first-order valence-corrected chi connectivity index (χ1v) is 8.80. The summed E-state index contributed by atoms with van der Waals surface area (Å²) in [5.41, 5.74) is -0.475. The molecule has 0 aromatic rings. The van der Waals surface area contributed by atoms with E-state index in [9.17, 15) is 4.79 Å². The number of carbonyl (C=O) groups excluding carboxylic acids is 1. The van der Waals surface area contributed by atoms with Crippen LogP contribution in [0.15, 0.2) is 0 Å². The Morgan fingerprint density at radius 3 is 2.43 bits per heavy atom. The number of esters is 1. The number of hydrogen-bond donors (Lipinski definition) is 1. The molecule has 1 unspecified atom stereocenters. The van der Waals surface area contributed by atoms with Crippen molar-refractivity contribution in [3.63, 3.8) is 0 Å². The highest BCUT2D eigenvalue weighted by Crippen LogP contribution is 2.41. The van der Waals surface area contributed by atoms with Crippen molar-refractivity contribution in [2.45, 2.75) is 58.4 Å². The van der Waals surface area contributed by atoms with Crippen LogP contribution in [-0.2, 0) is 9.53 Å². The Hall–Kier alpha value is -0.610. The van der Waals surface area contributed by atoms with Crippen LogP contribution in [0.4, 0.5) is 0 Å². The van der Waals surface area contributed by atoms with Gasteiger partial charge in [0.05, 0.1) is 6.61 Å². The van der Waals surface area contributed by atoms with Gasteiger partial charge in [-0.2, -0.15) is 0 Å². The quantitative estimate of drug-likeness (QED) is 0.595. The van der Waals surface area contributed by atoms with Gasteiger partial charge in [0.2, 0.25) is 0 Å². The predicted molar refractivity (Wildman–Crippen MR) is 85.2 cm³/mol. The third kappa shape index (κ3) is 4.43. The molecular weight excluding hydrogens is 264 g/mol. The second-order valence-electron chi connectivity index (χ2n) is 6.66. The van der Waals surface area contributed by atoms with Crippen LogP contribution >= 0.6 is 0 Å². The molecule has 0 aromatic carbocycles. The van der Waals surface area contributed by atoms with Gasteiger partial charge < -0.3 is 15.0 Å². The minimum absolute atomic E-state index is 0.0322. The maximum atomic E-state index is 12.7. The predicted octanol–water partition coefficient (Wildman–Crippen LogP) is 2.43. The van der Waals surface area contributed by atoms with E-state index in [1.807, 2.05) is 6.92 Å². The summed E-state index contributed by atoms with van der Waals surface area (Å²) in [4.78, 5) is 15.1. The first kappa shape index (κ1) is 16.8. The standard InChI is InChI=1S/C17H32N2O2/c1-4-11-18-17(15-9-10-15,16(20)21-6-3)13-19(5-2)12-14-7-8-14/h14-15,18H,4-13H2,1-3H3. The Morgan fingerprint density at radius 2 is 1.95 bits per heavy atom. The summed E-state index contributed by atoms with van der Waals surface area (Å²) in [6, 6.07) is 0. The fourth-order valence-corrected chi connectivity index (χ4v) is 3.14. The SMILES string of the molecule is CCCNC(CN(CC)CC1CC1)(C(=O)OCC)C1CC1. The lowest BCUT2D eigenvalue weighted by molar-refractivity contribution is -0.153. The van der Waals surface area contributed by atoms with Gasteiger partial charge in [-0.05, 0) is 64.0 Å². The summed E-state index contributed by atoms with van der Waals surface area (Å²) in [7, 11) is 0. The van der Waals surface area contributed by atoms with Gasteiger partial charge in [-0.15, -0.1) is 0 Å².